The van der Waals surface area contributed by atoms with Crippen LogP contribution in [-0.4, -0.2) is 25.4 Å². The van der Waals surface area contributed by atoms with Crippen molar-refractivity contribution < 1.29 is 19.1 Å². The van der Waals surface area contributed by atoms with Crippen LogP contribution in [0, 0.1) is 0 Å². The monoisotopic (exact) mass is 367 g/mol. The highest BCUT2D eigenvalue weighted by molar-refractivity contribution is 6.42. The Balaban J connectivity index is 2.05. The standard InChI is InChI=1S/C17H15Cl2NO4/c1-10(21)13-5-4-12(23-2)8-16(13)24-9-17(22)20-11-3-6-14(18)15(19)7-11/h3-8H,9H2,1-2H3,(H,20,22). The smallest absolute Gasteiger partial charge is 0.262 e. The predicted octanol–water partition coefficient (Wildman–Crippen LogP) is 4.22. The number of anilines is 1. The van der Waals surface area contributed by atoms with Crippen molar-refractivity contribution in [1.82, 2.24) is 0 Å². The Morgan fingerprint density at radius 1 is 1.08 bits per heavy atom. The zero-order valence-corrected chi connectivity index (χ0v) is 14.6. The number of carbonyl (C=O) groups is 2. The first-order valence-electron chi connectivity index (χ1n) is 6.97. The van der Waals surface area contributed by atoms with Crippen molar-refractivity contribution in [2.75, 3.05) is 19.0 Å². The van der Waals surface area contributed by atoms with Gasteiger partial charge in [0.25, 0.3) is 5.91 Å². The van der Waals surface area contributed by atoms with Gasteiger partial charge in [-0.15, -0.1) is 0 Å². The van der Waals surface area contributed by atoms with Gasteiger partial charge in [0.2, 0.25) is 0 Å². The predicted molar refractivity (Wildman–Crippen MR) is 93.6 cm³/mol. The fourth-order valence-corrected chi connectivity index (χ4v) is 2.25. The highest BCUT2D eigenvalue weighted by Crippen LogP contribution is 2.26. The van der Waals surface area contributed by atoms with E-state index >= 15 is 0 Å². The first-order valence-corrected chi connectivity index (χ1v) is 7.73. The van der Waals surface area contributed by atoms with Crippen molar-refractivity contribution in [1.29, 1.82) is 0 Å². The summed E-state index contributed by atoms with van der Waals surface area (Å²) >= 11 is 11.7. The van der Waals surface area contributed by atoms with E-state index in [-0.39, 0.29) is 18.1 Å². The second kappa shape index (κ2) is 8.04. The van der Waals surface area contributed by atoms with Crippen LogP contribution < -0.4 is 14.8 Å². The van der Waals surface area contributed by atoms with E-state index < -0.39 is 5.91 Å². The van der Waals surface area contributed by atoms with Gasteiger partial charge in [-0.25, -0.2) is 0 Å². The average molecular weight is 368 g/mol. The Bertz CT molecular complexity index is 777. The van der Waals surface area contributed by atoms with Crippen LogP contribution in [0.3, 0.4) is 0 Å². The quantitative estimate of drug-likeness (QED) is 0.776. The number of ketones is 1. The molecule has 24 heavy (non-hydrogen) atoms. The molecule has 1 amide bonds. The number of nitrogens with one attached hydrogen (secondary N) is 1. The highest BCUT2D eigenvalue weighted by atomic mass is 35.5. The van der Waals surface area contributed by atoms with E-state index in [1.165, 1.54) is 20.1 Å². The van der Waals surface area contributed by atoms with E-state index in [1.807, 2.05) is 0 Å². The molecule has 7 heteroatoms. The maximum atomic E-state index is 12.0. The van der Waals surface area contributed by atoms with Crippen LogP contribution >= 0.6 is 23.2 Å². The molecule has 0 bridgehead atoms. The molecule has 0 heterocycles. The van der Waals surface area contributed by atoms with E-state index in [0.29, 0.717) is 27.0 Å². The van der Waals surface area contributed by atoms with Crippen LogP contribution in [0.2, 0.25) is 10.0 Å². The Kier molecular flexibility index (Phi) is 6.06. The number of amides is 1. The van der Waals surface area contributed by atoms with Gasteiger partial charge in [0, 0.05) is 11.8 Å². The summed E-state index contributed by atoms with van der Waals surface area (Å²) in [5.41, 5.74) is 0.869. The largest absolute Gasteiger partial charge is 0.497 e. The molecule has 0 saturated heterocycles. The first-order chi connectivity index (χ1) is 11.4. The Morgan fingerprint density at radius 2 is 1.83 bits per heavy atom. The molecule has 126 valence electrons. The molecule has 0 aliphatic heterocycles. The molecule has 0 fully saturated rings. The van der Waals surface area contributed by atoms with Crippen LogP contribution in [0.4, 0.5) is 5.69 Å². The first kappa shape index (κ1) is 18.1. The summed E-state index contributed by atoms with van der Waals surface area (Å²) in [7, 11) is 1.50. The minimum atomic E-state index is -0.397. The fraction of sp³-hybridized carbons (Fsp3) is 0.176. The van der Waals surface area contributed by atoms with Gasteiger partial charge in [-0.2, -0.15) is 0 Å². The molecule has 2 aromatic carbocycles. The zero-order chi connectivity index (χ0) is 17.7. The molecular formula is C17H15Cl2NO4. The molecule has 0 aromatic heterocycles. The highest BCUT2D eigenvalue weighted by Gasteiger charge is 2.12. The van der Waals surface area contributed by atoms with E-state index in [2.05, 4.69) is 5.32 Å². The van der Waals surface area contributed by atoms with Crippen molar-refractivity contribution in [3.8, 4) is 11.5 Å². The SMILES string of the molecule is COc1ccc(C(C)=O)c(OCC(=O)Nc2ccc(Cl)c(Cl)c2)c1. The van der Waals surface area contributed by atoms with Gasteiger partial charge < -0.3 is 14.8 Å². The summed E-state index contributed by atoms with van der Waals surface area (Å²) in [6.45, 7) is 1.15. The number of benzene rings is 2. The third-order valence-electron chi connectivity index (χ3n) is 3.13. The fourth-order valence-electron chi connectivity index (χ4n) is 1.95. The number of rotatable bonds is 6. The second-order valence-electron chi connectivity index (χ2n) is 4.88. The zero-order valence-electron chi connectivity index (χ0n) is 13.1. The van der Waals surface area contributed by atoms with Gasteiger partial charge in [0.05, 0.1) is 22.7 Å². The van der Waals surface area contributed by atoms with E-state index in [9.17, 15) is 9.59 Å². The summed E-state index contributed by atoms with van der Waals surface area (Å²) in [4.78, 5) is 23.6. The molecule has 5 nitrogen and oxygen atoms in total. The molecule has 0 spiro atoms. The summed E-state index contributed by atoms with van der Waals surface area (Å²) in [5.74, 6) is 0.245. The summed E-state index contributed by atoms with van der Waals surface area (Å²) in [5, 5.41) is 3.37. The molecular weight excluding hydrogens is 353 g/mol. The van der Waals surface area contributed by atoms with Crippen molar-refractivity contribution in [2.24, 2.45) is 0 Å². The number of ether oxygens (including phenoxy) is 2. The topological polar surface area (TPSA) is 64.6 Å². The third-order valence-corrected chi connectivity index (χ3v) is 3.87. The van der Waals surface area contributed by atoms with Gasteiger partial charge >= 0.3 is 0 Å². The van der Waals surface area contributed by atoms with Crippen LogP contribution in [0.5, 0.6) is 11.5 Å². The van der Waals surface area contributed by atoms with Crippen molar-refractivity contribution >= 4 is 40.6 Å². The minimum absolute atomic E-state index is 0.169. The number of hydrogen-bond donors (Lipinski definition) is 1. The number of Topliss-reactive ketones (excluding diaryl/α,β-unsaturated/α-hetero) is 1. The lowest BCUT2D eigenvalue weighted by molar-refractivity contribution is -0.118. The molecule has 2 aromatic rings. The van der Waals surface area contributed by atoms with Crippen molar-refractivity contribution in [2.45, 2.75) is 6.92 Å². The average Bonchev–Trinajstić information content (AvgIpc) is 2.56. The maximum Gasteiger partial charge on any atom is 0.262 e. The van der Waals surface area contributed by atoms with E-state index in [1.54, 1.807) is 30.3 Å². The molecule has 0 saturated carbocycles. The van der Waals surface area contributed by atoms with Gasteiger partial charge in [-0.3, -0.25) is 9.59 Å². The summed E-state index contributed by atoms with van der Waals surface area (Å²) < 4.78 is 10.6. The number of carbonyl (C=O) groups excluding carboxylic acids is 2. The van der Waals surface area contributed by atoms with Gasteiger partial charge in [-0.05, 0) is 37.3 Å². The van der Waals surface area contributed by atoms with E-state index in [4.69, 9.17) is 32.7 Å². The van der Waals surface area contributed by atoms with Crippen LogP contribution in [0.15, 0.2) is 36.4 Å². The Hall–Kier alpha value is -2.24. The lowest BCUT2D eigenvalue weighted by Gasteiger charge is -2.12. The number of hydrogen-bond acceptors (Lipinski definition) is 4. The molecule has 0 radical (unpaired) electrons. The molecule has 2 rings (SSSR count). The normalized spacial score (nSPS) is 10.2. The maximum absolute atomic E-state index is 12.0. The lowest BCUT2D eigenvalue weighted by atomic mass is 10.1. The van der Waals surface area contributed by atoms with Crippen molar-refractivity contribution in [3.05, 3.63) is 52.0 Å². The molecule has 0 aliphatic carbocycles. The van der Waals surface area contributed by atoms with Crippen molar-refractivity contribution in [3.63, 3.8) is 0 Å². The van der Waals surface area contributed by atoms with Crippen LogP contribution in [0.25, 0.3) is 0 Å². The lowest BCUT2D eigenvalue weighted by Crippen LogP contribution is -2.20. The van der Waals surface area contributed by atoms with Crippen LogP contribution in [-0.2, 0) is 4.79 Å². The van der Waals surface area contributed by atoms with Gasteiger partial charge in [-0.1, -0.05) is 23.2 Å². The number of halogens is 2. The second-order valence-corrected chi connectivity index (χ2v) is 5.70. The minimum Gasteiger partial charge on any atom is -0.497 e. The van der Waals surface area contributed by atoms with Crippen LogP contribution in [0.1, 0.15) is 17.3 Å². The summed E-state index contributed by atoms with van der Waals surface area (Å²) in [6, 6.07) is 9.54. The van der Waals surface area contributed by atoms with Gasteiger partial charge in [0.1, 0.15) is 11.5 Å². The molecule has 0 atom stereocenters. The number of methoxy groups -OCH3 is 1. The molecule has 0 aliphatic rings. The molecule has 0 unspecified atom stereocenters. The Labute approximate surface area is 149 Å². The summed E-state index contributed by atoms with van der Waals surface area (Å²) in [6.07, 6.45) is 0. The molecule has 1 N–H and O–H groups in total. The Morgan fingerprint density at radius 3 is 2.46 bits per heavy atom. The van der Waals surface area contributed by atoms with E-state index in [0.717, 1.165) is 0 Å². The van der Waals surface area contributed by atoms with Gasteiger partial charge in [0.15, 0.2) is 12.4 Å². The third kappa shape index (κ3) is 4.63.